The lowest BCUT2D eigenvalue weighted by atomic mass is 9.84. The van der Waals surface area contributed by atoms with E-state index >= 15 is 0 Å². The van der Waals surface area contributed by atoms with Crippen molar-refractivity contribution in [2.45, 2.75) is 37.5 Å². The summed E-state index contributed by atoms with van der Waals surface area (Å²) in [4.78, 5) is 4.33. The van der Waals surface area contributed by atoms with Crippen LogP contribution in [0.25, 0.3) is 11.2 Å². The normalized spacial score (nSPS) is 12.3. The number of hydrogen-bond donors (Lipinski definition) is 2. The number of nitrogens with zero attached hydrogens (tertiary/aromatic N) is 3. The Morgan fingerprint density at radius 3 is 1.71 bits per heavy atom. The molecule has 0 radical (unpaired) electrons. The molecule has 0 aliphatic rings. The molecule has 3 aromatic carbocycles. The number of pyridine rings is 1. The van der Waals surface area contributed by atoms with E-state index in [4.69, 9.17) is 5.73 Å². The quantitative estimate of drug-likeness (QED) is 0.254. The van der Waals surface area contributed by atoms with E-state index in [2.05, 4.69) is 111 Å². The lowest BCUT2D eigenvalue weighted by Crippen LogP contribution is -2.06. The SMILES string of the molecule is Nc1cc(C(CCCCC(c2ccccc2)c2ccccc2)c2ccccc2)c2n[nH]nc2n1. The number of rotatable bonds is 9. The van der Waals surface area contributed by atoms with Gasteiger partial charge < -0.3 is 5.73 Å². The van der Waals surface area contributed by atoms with Gasteiger partial charge >= 0.3 is 0 Å². The predicted octanol–water partition coefficient (Wildman–Crippen LogP) is 6.46. The molecule has 3 N–H and O–H groups in total. The highest BCUT2D eigenvalue weighted by Crippen LogP contribution is 2.35. The molecule has 0 aliphatic heterocycles. The highest BCUT2D eigenvalue weighted by atomic mass is 15.3. The van der Waals surface area contributed by atoms with Crippen LogP contribution in [0.1, 0.15) is 59.8 Å². The number of fused-ring (bicyclic) bond motifs is 1. The van der Waals surface area contributed by atoms with E-state index < -0.39 is 0 Å². The number of nitrogens with two attached hydrogens (primary N) is 1. The van der Waals surface area contributed by atoms with Gasteiger partial charge in [-0.25, -0.2) is 4.98 Å². The van der Waals surface area contributed by atoms with Crippen molar-refractivity contribution in [3.8, 4) is 0 Å². The second-order valence-electron chi connectivity index (χ2n) is 8.75. The van der Waals surface area contributed by atoms with Crippen molar-refractivity contribution in [3.63, 3.8) is 0 Å². The largest absolute Gasteiger partial charge is 0.384 e. The van der Waals surface area contributed by atoms with Crippen molar-refractivity contribution in [2.24, 2.45) is 0 Å². The molecule has 5 aromatic rings. The van der Waals surface area contributed by atoms with E-state index in [0.29, 0.717) is 17.4 Å². The zero-order chi connectivity index (χ0) is 23.2. The molecule has 0 bridgehead atoms. The number of nitrogens with one attached hydrogen (secondary N) is 1. The van der Waals surface area contributed by atoms with Gasteiger partial charge in [-0.15, -0.1) is 5.10 Å². The lowest BCUT2D eigenvalue weighted by molar-refractivity contribution is 0.576. The standard InChI is InChI=1S/C29H29N5/c30-27-20-26(28-29(31-27)33-34-32-28)25(23-16-8-3-9-17-23)19-11-10-18-24(21-12-4-1-5-13-21)22-14-6-2-7-15-22/h1-9,12-17,20,24-25H,10-11,18-19H2,(H3,30,31,32,33,34). The van der Waals surface area contributed by atoms with Gasteiger partial charge in [0, 0.05) is 11.8 Å². The Kier molecular flexibility index (Phi) is 6.61. The lowest BCUT2D eigenvalue weighted by Gasteiger charge is -2.21. The second-order valence-corrected chi connectivity index (χ2v) is 8.75. The van der Waals surface area contributed by atoms with Gasteiger partial charge in [0.1, 0.15) is 11.3 Å². The number of hydrogen-bond acceptors (Lipinski definition) is 4. The third-order valence-corrected chi connectivity index (χ3v) is 6.56. The van der Waals surface area contributed by atoms with Gasteiger partial charge in [0.05, 0.1) is 0 Å². The van der Waals surface area contributed by atoms with E-state index in [1.807, 2.05) is 6.07 Å². The van der Waals surface area contributed by atoms with Crippen LogP contribution in [0, 0.1) is 0 Å². The Hall–Kier alpha value is -3.99. The molecule has 5 nitrogen and oxygen atoms in total. The third kappa shape index (κ3) is 4.84. The molecule has 170 valence electrons. The zero-order valence-electron chi connectivity index (χ0n) is 19.1. The van der Waals surface area contributed by atoms with Crippen LogP contribution in [-0.2, 0) is 0 Å². The van der Waals surface area contributed by atoms with Crippen molar-refractivity contribution >= 4 is 17.0 Å². The summed E-state index contributed by atoms with van der Waals surface area (Å²) in [6.07, 6.45) is 4.33. The van der Waals surface area contributed by atoms with Gasteiger partial charge in [-0.1, -0.05) is 104 Å². The topological polar surface area (TPSA) is 80.5 Å². The molecule has 0 aliphatic carbocycles. The minimum absolute atomic E-state index is 0.186. The minimum atomic E-state index is 0.186. The van der Waals surface area contributed by atoms with Crippen molar-refractivity contribution < 1.29 is 0 Å². The van der Waals surface area contributed by atoms with Crippen molar-refractivity contribution in [1.82, 2.24) is 20.4 Å². The number of unbranched alkanes of at least 4 members (excludes halogenated alkanes) is 1. The number of H-pyrrole nitrogens is 1. The van der Waals surface area contributed by atoms with Crippen molar-refractivity contribution in [1.29, 1.82) is 0 Å². The summed E-state index contributed by atoms with van der Waals surface area (Å²) >= 11 is 0. The molecule has 34 heavy (non-hydrogen) atoms. The Balaban J connectivity index is 1.36. The maximum absolute atomic E-state index is 6.13. The first kappa shape index (κ1) is 21.8. The average molecular weight is 448 g/mol. The van der Waals surface area contributed by atoms with Crippen molar-refractivity contribution in [2.75, 3.05) is 5.73 Å². The first-order chi connectivity index (χ1) is 16.8. The number of anilines is 1. The predicted molar refractivity (Wildman–Crippen MR) is 138 cm³/mol. The fourth-order valence-electron chi connectivity index (χ4n) is 4.93. The summed E-state index contributed by atoms with van der Waals surface area (Å²) < 4.78 is 0. The van der Waals surface area contributed by atoms with Gasteiger partial charge in [0.15, 0.2) is 0 Å². The highest BCUT2D eigenvalue weighted by molar-refractivity contribution is 5.77. The summed E-state index contributed by atoms with van der Waals surface area (Å²) in [5, 5.41) is 11.3. The summed E-state index contributed by atoms with van der Waals surface area (Å²) in [7, 11) is 0. The molecule has 0 spiro atoms. The molecular weight excluding hydrogens is 418 g/mol. The van der Waals surface area contributed by atoms with Crippen LogP contribution in [-0.4, -0.2) is 20.4 Å². The van der Waals surface area contributed by atoms with Gasteiger partial charge in [0.25, 0.3) is 0 Å². The molecule has 5 heteroatoms. The first-order valence-electron chi connectivity index (χ1n) is 11.9. The number of benzene rings is 3. The highest BCUT2D eigenvalue weighted by Gasteiger charge is 2.21. The number of aromatic nitrogens is 4. The van der Waals surface area contributed by atoms with Crippen LogP contribution < -0.4 is 5.73 Å². The summed E-state index contributed by atoms with van der Waals surface area (Å²) in [6.45, 7) is 0. The Labute approximate surface area is 200 Å². The number of nitrogen functional groups attached to an aromatic ring is 1. The van der Waals surface area contributed by atoms with Crippen LogP contribution >= 0.6 is 0 Å². The van der Waals surface area contributed by atoms with Crippen molar-refractivity contribution in [3.05, 3.63) is 119 Å². The van der Waals surface area contributed by atoms with Crippen LogP contribution in [0.4, 0.5) is 5.82 Å². The van der Waals surface area contributed by atoms with Crippen LogP contribution in [0.2, 0.25) is 0 Å². The third-order valence-electron chi connectivity index (χ3n) is 6.56. The molecule has 0 saturated carbocycles. The van der Waals surface area contributed by atoms with Gasteiger partial charge in [-0.2, -0.15) is 10.3 Å². The zero-order valence-corrected chi connectivity index (χ0v) is 19.1. The molecule has 0 fully saturated rings. The van der Waals surface area contributed by atoms with Gasteiger partial charge in [-0.05, 0) is 41.2 Å². The molecule has 0 amide bonds. The molecule has 2 heterocycles. The fraction of sp³-hybridized carbons (Fsp3) is 0.207. The fourth-order valence-corrected chi connectivity index (χ4v) is 4.93. The smallest absolute Gasteiger partial charge is 0.203 e. The summed E-state index contributed by atoms with van der Waals surface area (Å²) in [5.74, 6) is 1.06. The molecule has 5 rings (SSSR count). The summed E-state index contributed by atoms with van der Waals surface area (Å²) in [5.41, 5.74) is 12.6. The minimum Gasteiger partial charge on any atom is -0.384 e. The van der Waals surface area contributed by atoms with E-state index in [-0.39, 0.29) is 5.92 Å². The van der Waals surface area contributed by atoms with Crippen LogP contribution in [0.5, 0.6) is 0 Å². The van der Waals surface area contributed by atoms with Gasteiger partial charge in [-0.3, -0.25) is 0 Å². The monoisotopic (exact) mass is 447 g/mol. The first-order valence-corrected chi connectivity index (χ1v) is 11.9. The van der Waals surface area contributed by atoms with Crippen LogP contribution in [0.15, 0.2) is 97.1 Å². The van der Waals surface area contributed by atoms with E-state index in [1.54, 1.807) is 0 Å². The molecular formula is C29H29N5. The molecule has 0 saturated heterocycles. The van der Waals surface area contributed by atoms with Gasteiger partial charge in [0.2, 0.25) is 5.65 Å². The molecule has 1 unspecified atom stereocenters. The number of aromatic amines is 1. The second kappa shape index (κ2) is 10.3. The molecule has 2 aromatic heterocycles. The summed E-state index contributed by atoms with van der Waals surface area (Å²) in [6, 6.07) is 34.2. The average Bonchev–Trinajstić information content (AvgIpc) is 3.36. The van der Waals surface area contributed by atoms with E-state index in [9.17, 15) is 0 Å². The Morgan fingerprint density at radius 2 is 1.15 bits per heavy atom. The van der Waals surface area contributed by atoms with Crippen LogP contribution in [0.3, 0.4) is 0 Å². The molecule has 1 atom stereocenters. The Morgan fingerprint density at radius 1 is 0.647 bits per heavy atom. The van der Waals surface area contributed by atoms with E-state index in [1.165, 1.54) is 16.7 Å². The van der Waals surface area contributed by atoms with E-state index in [0.717, 1.165) is 36.8 Å². The Bertz CT molecular complexity index is 1280. The maximum Gasteiger partial charge on any atom is 0.203 e. The maximum atomic E-state index is 6.13.